The van der Waals surface area contributed by atoms with Crippen LogP contribution in [-0.2, 0) is 9.59 Å². The molecule has 0 spiro atoms. The van der Waals surface area contributed by atoms with Crippen molar-refractivity contribution < 1.29 is 19.4 Å². The molecule has 0 radical (unpaired) electrons. The summed E-state index contributed by atoms with van der Waals surface area (Å²) in [7, 11) is 0. The molecular weight excluding hydrogens is 418 g/mol. The molecule has 0 aromatic heterocycles. The number of phenolic OH excluding ortho intramolecular Hbond substituents is 1. The topological polar surface area (TPSA) is 73.3 Å². The fourth-order valence-electron chi connectivity index (χ4n) is 4.47. The summed E-state index contributed by atoms with van der Waals surface area (Å²) in [5.41, 5.74) is 1.35. The van der Waals surface area contributed by atoms with Gasteiger partial charge in [-0.15, -0.1) is 0 Å². The Morgan fingerprint density at radius 3 is 2.09 bits per heavy atom. The minimum Gasteiger partial charge on any atom is -0.506 e. The Morgan fingerprint density at radius 2 is 1.39 bits per heavy atom. The van der Waals surface area contributed by atoms with Crippen LogP contribution in [0.3, 0.4) is 0 Å². The van der Waals surface area contributed by atoms with Crippen LogP contribution in [-0.4, -0.2) is 54.0 Å². The van der Waals surface area contributed by atoms with Crippen LogP contribution in [0.15, 0.2) is 78.9 Å². The molecule has 0 unspecified atom stereocenters. The molecule has 2 amide bonds. The van der Waals surface area contributed by atoms with Crippen LogP contribution in [0, 0.1) is 0 Å². The van der Waals surface area contributed by atoms with Crippen LogP contribution < -0.4 is 14.5 Å². The van der Waals surface area contributed by atoms with Crippen LogP contribution in [0.4, 0.5) is 11.4 Å². The van der Waals surface area contributed by atoms with Crippen LogP contribution in [0.1, 0.15) is 6.42 Å². The highest BCUT2D eigenvalue weighted by molar-refractivity contribution is 6.22. The minimum absolute atomic E-state index is 0.178. The van der Waals surface area contributed by atoms with E-state index < -0.39 is 6.04 Å². The summed E-state index contributed by atoms with van der Waals surface area (Å²) in [4.78, 5) is 31.4. The van der Waals surface area contributed by atoms with E-state index in [1.54, 1.807) is 36.4 Å². The first-order valence-corrected chi connectivity index (χ1v) is 11.1. The van der Waals surface area contributed by atoms with Gasteiger partial charge in [0.1, 0.15) is 17.2 Å². The zero-order chi connectivity index (χ0) is 22.8. The molecule has 168 valence electrons. The predicted molar refractivity (Wildman–Crippen MR) is 126 cm³/mol. The second-order valence-corrected chi connectivity index (χ2v) is 8.21. The van der Waals surface area contributed by atoms with Crippen molar-refractivity contribution in [3.63, 3.8) is 0 Å². The average molecular weight is 444 g/mol. The third kappa shape index (κ3) is 4.27. The van der Waals surface area contributed by atoms with Crippen molar-refractivity contribution in [2.75, 3.05) is 36.0 Å². The summed E-state index contributed by atoms with van der Waals surface area (Å²) in [6, 6.07) is 23.3. The molecule has 1 atom stereocenters. The molecule has 7 heteroatoms. The van der Waals surface area contributed by atoms with Crippen molar-refractivity contribution in [1.82, 2.24) is 4.90 Å². The smallest absolute Gasteiger partial charge is 0.251 e. The summed E-state index contributed by atoms with van der Waals surface area (Å²) in [5.74, 6) is 1.24. The Balaban J connectivity index is 1.24. The maximum atomic E-state index is 13.2. The quantitative estimate of drug-likeness (QED) is 0.607. The van der Waals surface area contributed by atoms with E-state index in [-0.39, 0.29) is 24.0 Å². The van der Waals surface area contributed by atoms with Gasteiger partial charge in [-0.05, 0) is 48.5 Å². The monoisotopic (exact) mass is 443 g/mol. The first-order valence-electron chi connectivity index (χ1n) is 11.1. The number of para-hydroxylation sites is 3. The molecule has 0 bridgehead atoms. The van der Waals surface area contributed by atoms with E-state index in [1.165, 1.54) is 4.90 Å². The largest absolute Gasteiger partial charge is 0.506 e. The first-order chi connectivity index (χ1) is 16.1. The molecule has 3 aromatic rings. The number of ether oxygens (including phenoxy) is 1. The van der Waals surface area contributed by atoms with E-state index >= 15 is 0 Å². The van der Waals surface area contributed by atoms with Crippen LogP contribution in [0.25, 0.3) is 0 Å². The number of rotatable bonds is 5. The molecule has 2 heterocycles. The maximum Gasteiger partial charge on any atom is 0.251 e. The number of benzene rings is 3. The van der Waals surface area contributed by atoms with Crippen molar-refractivity contribution in [1.29, 1.82) is 0 Å². The third-order valence-electron chi connectivity index (χ3n) is 6.17. The normalized spacial score (nSPS) is 19.2. The van der Waals surface area contributed by atoms with E-state index in [0.29, 0.717) is 37.6 Å². The van der Waals surface area contributed by atoms with Gasteiger partial charge in [0.2, 0.25) is 5.91 Å². The van der Waals surface area contributed by atoms with E-state index in [0.717, 1.165) is 11.4 Å². The third-order valence-corrected chi connectivity index (χ3v) is 6.17. The fraction of sp³-hybridized carbons (Fsp3) is 0.231. The number of aromatic hydroxyl groups is 1. The van der Waals surface area contributed by atoms with Crippen molar-refractivity contribution in [2.45, 2.75) is 12.5 Å². The Kier molecular flexibility index (Phi) is 5.71. The average Bonchev–Trinajstić information content (AvgIpc) is 3.14. The van der Waals surface area contributed by atoms with E-state index in [9.17, 15) is 14.7 Å². The van der Waals surface area contributed by atoms with Crippen molar-refractivity contribution in [3.05, 3.63) is 78.9 Å². The molecule has 33 heavy (non-hydrogen) atoms. The van der Waals surface area contributed by atoms with Gasteiger partial charge in [0.05, 0.1) is 23.8 Å². The summed E-state index contributed by atoms with van der Waals surface area (Å²) in [6.45, 7) is 2.66. The SMILES string of the molecule is O=C1C[C@H](N2CCN(c3ccccc3O)CC2)C(=O)N1c1ccc(Oc2ccccc2)cc1. The standard InChI is InChI=1S/C26H25N3O4/c30-24-9-5-4-8-22(24)27-14-16-28(17-15-27)23-18-25(31)29(26(23)32)19-10-12-21(13-11-19)33-20-6-2-1-3-7-20/h1-13,23,30H,14-18H2/t23-/m0/s1. The lowest BCUT2D eigenvalue weighted by Gasteiger charge is -2.38. The number of piperazine rings is 1. The molecule has 7 nitrogen and oxygen atoms in total. The van der Waals surface area contributed by atoms with Crippen LogP contribution in [0.5, 0.6) is 17.2 Å². The summed E-state index contributed by atoms with van der Waals surface area (Å²) < 4.78 is 5.80. The number of carbonyl (C=O) groups is 2. The van der Waals surface area contributed by atoms with Gasteiger partial charge < -0.3 is 14.7 Å². The Bertz CT molecular complexity index is 1140. The van der Waals surface area contributed by atoms with Crippen LogP contribution >= 0.6 is 0 Å². The van der Waals surface area contributed by atoms with Gasteiger partial charge in [-0.25, -0.2) is 4.90 Å². The molecule has 2 saturated heterocycles. The van der Waals surface area contributed by atoms with E-state index in [2.05, 4.69) is 9.80 Å². The molecule has 0 aliphatic carbocycles. The number of carbonyl (C=O) groups excluding carboxylic acids is 2. The molecule has 2 aliphatic rings. The summed E-state index contributed by atoms with van der Waals surface area (Å²) in [5, 5.41) is 10.1. The number of nitrogens with zero attached hydrogens (tertiary/aromatic N) is 3. The number of phenols is 1. The zero-order valence-electron chi connectivity index (χ0n) is 18.1. The zero-order valence-corrected chi connectivity index (χ0v) is 18.1. The highest BCUT2D eigenvalue weighted by Crippen LogP contribution is 2.31. The van der Waals surface area contributed by atoms with Crippen molar-refractivity contribution in [2.24, 2.45) is 0 Å². The molecule has 0 saturated carbocycles. The van der Waals surface area contributed by atoms with Gasteiger partial charge in [0.15, 0.2) is 0 Å². The fourth-order valence-corrected chi connectivity index (χ4v) is 4.47. The van der Waals surface area contributed by atoms with E-state index in [4.69, 9.17) is 4.74 Å². The molecule has 2 fully saturated rings. The summed E-state index contributed by atoms with van der Waals surface area (Å²) in [6.07, 6.45) is 0.178. The van der Waals surface area contributed by atoms with Gasteiger partial charge in [-0.1, -0.05) is 30.3 Å². The molecular formula is C26H25N3O4. The molecule has 3 aromatic carbocycles. The lowest BCUT2D eigenvalue weighted by Crippen LogP contribution is -2.52. The molecule has 1 N–H and O–H groups in total. The first kappa shape index (κ1) is 21.0. The number of anilines is 2. The van der Waals surface area contributed by atoms with Crippen molar-refractivity contribution in [3.8, 4) is 17.2 Å². The van der Waals surface area contributed by atoms with Crippen LogP contribution in [0.2, 0.25) is 0 Å². The minimum atomic E-state index is -0.454. The van der Waals surface area contributed by atoms with Gasteiger partial charge in [-0.2, -0.15) is 0 Å². The number of hydrogen-bond donors (Lipinski definition) is 1. The molecule has 5 rings (SSSR count). The number of amides is 2. The Hall–Kier alpha value is -3.84. The second-order valence-electron chi connectivity index (χ2n) is 8.21. The van der Waals surface area contributed by atoms with Gasteiger partial charge >= 0.3 is 0 Å². The van der Waals surface area contributed by atoms with E-state index in [1.807, 2.05) is 42.5 Å². The summed E-state index contributed by atoms with van der Waals surface area (Å²) >= 11 is 0. The number of hydrogen-bond acceptors (Lipinski definition) is 6. The van der Waals surface area contributed by atoms with Gasteiger partial charge in [0.25, 0.3) is 5.91 Å². The Labute approximate surface area is 192 Å². The number of imide groups is 1. The highest BCUT2D eigenvalue weighted by Gasteiger charge is 2.43. The Morgan fingerprint density at radius 1 is 0.758 bits per heavy atom. The molecule has 2 aliphatic heterocycles. The maximum absolute atomic E-state index is 13.2. The predicted octanol–water partition coefficient (Wildman–Crippen LogP) is 3.64. The lowest BCUT2D eigenvalue weighted by molar-refractivity contribution is -0.123. The lowest BCUT2D eigenvalue weighted by atomic mass is 10.1. The van der Waals surface area contributed by atoms with Crippen molar-refractivity contribution >= 4 is 23.2 Å². The second kappa shape index (κ2) is 8.96. The highest BCUT2D eigenvalue weighted by atomic mass is 16.5. The van der Waals surface area contributed by atoms with Gasteiger partial charge in [-0.3, -0.25) is 14.5 Å². The van der Waals surface area contributed by atoms with Gasteiger partial charge in [0, 0.05) is 26.2 Å².